The van der Waals surface area contributed by atoms with E-state index in [4.69, 9.17) is 5.26 Å². The first kappa shape index (κ1) is 13.7. The first-order valence-electron chi connectivity index (χ1n) is 6.51. The van der Waals surface area contributed by atoms with E-state index in [9.17, 15) is 0 Å². The Morgan fingerprint density at radius 3 is 2.00 bits per heavy atom. The summed E-state index contributed by atoms with van der Waals surface area (Å²) in [4.78, 5) is 2.40. The zero-order valence-corrected chi connectivity index (χ0v) is 12.1. The van der Waals surface area contributed by atoms with Gasteiger partial charge < -0.3 is 0 Å². The molecule has 1 atom stereocenters. The highest BCUT2D eigenvalue weighted by Gasteiger charge is 2.03. The summed E-state index contributed by atoms with van der Waals surface area (Å²) in [6.07, 6.45) is 1.17. The van der Waals surface area contributed by atoms with Gasteiger partial charge in [0.1, 0.15) is 0 Å². The molecule has 0 aliphatic rings. The fraction of sp³-hybridized carbons (Fsp3) is 0.235. The molecular weight excluding hydrogens is 250 g/mol. The van der Waals surface area contributed by atoms with Crippen LogP contribution in [0.15, 0.2) is 58.3 Å². The zero-order chi connectivity index (χ0) is 13.7. The summed E-state index contributed by atoms with van der Waals surface area (Å²) < 4.78 is 0. The lowest BCUT2D eigenvalue weighted by Gasteiger charge is -2.09. The number of hydrogen-bond donors (Lipinski definition) is 0. The third kappa shape index (κ3) is 3.62. The van der Waals surface area contributed by atoms with E-state index in [0.717, 1.165) is 4.90 Å². The Kier molecular flexibility index (Phi) is 4.65. The van der Waals surface area contributed by atoms with E-state index in [1.165, 1.54) is 16.9 Å². The molecule has 2 rings (SSSR count). The summed E-state index contributed by atoms with van der Waals surface area (Å²) in [6, 6.07) is 18.6. The Morgan fingerprint density at radius 2 is 1.53 bits per heavy atom. The van der Waals surface area contributed by atoms with Crippen molar-refractivity contribution in [1.82, 2.24) is 0 Å². The van der Waals surface area contributed by atoms with Crippen LogP contribution in [0, 0.1) is 11.3 Å². The largest absolute Gasteiger partial charge is 0.192 e. The van der Waals surface area contributed by atoms with E-state index >= 15 is 0 Å². The fourth-order valence-corrected chi connectivity index (χ4v) is 2.65. The average Bonchev–Trinajstić information content (AvgIpc) is 2.48. The molecule has 0 aliphatic heterocycles. The molecule has 0 saturated carbocycles. The topological polar surface area (TPSA) is 23.8 Å². The van der Waals surface area contributed by atoms with Gasteiger partial charge >= 0.3 is 0 Å². The molecule has 0 bridgehead atoms. The van der Waals surface area contributed by atoms with Gasteiger partial charge in [-0.3, -0.25) is 0 Å². The number of nitriles is 1. The first-order valence-corrected chi connectivity index (χ1v) is 7.32. The SMILES string of the molecule is CCC(C)c1ccc(Sc2ccc(C#N)cc2)cc1. The van der Waals surface area contributed by atoms with Gasteiger partial charge in [-0.1, -0.05) is 37.7 Å². The van der Waals surface area contributed by atoms with Gasteiger partial charge in [0.25, 0.3) is 0 Å². The summed E-state index contributed by atoms with van der Waals surface area (Å²) >= 11 is 1.73. The lowest BCUT2D eigenvalue weighted by Crippen LogP contribution is -1.90. The van der Waals surface area contributed by atoms with Crippen molar-refractivity contribution in [3.63, 3.8) is 0 Å². The Morgan fingerprint density at radius 1 is 1.00 bits per heavy atom. The van der Waals surface area contributed by atoms with Crippen LogP contribution in [0.25, 0.3) is 0 Å². The second kappa shape index (κ2) is 6.45. The maximum Gasteiger partial charge on any atom is 0.0991 e. The third-order valence-electron chi connectivity index (χ3n) is 3.28. The van der Waals surface area contributed by atoms with Crippen molar-refractivity contribution in [2.24, 2.45) is 0 Å². The normalized spacial score (nSPS) is 11.8. The molecule has 0 fully saturated rings. The van der Waals surface area contributed by atoms with Crippen molar-refractivity contribution in [2.75, 3.05) is 0 Å². The van der Waals surface area contributed by atoms with Crippen LogP contribution in [0.3, 0.4) is 0 Å². The fourth-order valence-electron chi connectivity index (χ4n) is 1.83. The van der Waals surface area contributed by atoms with Gasteiger partial charge in [-0.2, -0.15) is 5.26 Å². The number of benzene rings is 2. The Hall–Kier alpha value is -1.72. The number of rotatable bonds is 4. The van der Waals surface area contributed by atoms with Crippen LogP contribution < -0.4 is 0 Å². The van der Waals surface area contributed by atoms with Gasteiger partial charge in [-0.15, -0.1) is 0 Å². The van der Waals surface area contributed by atoms with Crippen molar-refractivity contribution in [3.05, 3.63) is 59.7 Å². The van der Waals surface area contributed by atoms with Crippen LogP contribution in [0.2, 0.25) is 0 Å². The highest BCUT2D eigenvalue weighted by Crippen LogP contribution is 2.29. The molecule has 2 aromatic rings. The van der Waals surface area contributed by atoms with Crippen LogP contribution >= 0.6 is 11.8 Å². The van der Waals surface area contributed by atoms with E-state index in [0.29, 0.717) is 11.5 Å². The van der Waals surface area contributed by atoms with Crippen LogP contribution in [0.5, 0.6) is 0 Å². The molecule has 0 aliphatic carbocycles. The third-order valence-corrected chi connectivity index (χ3v) is 4.30. The van der Waals surface area contributed by atoms with Gasteiger partial charge in [-0.05, 0) is 54.3 Å². The molecule has 0 amide bonds. The molecule has 0 aromatic heterocycles. The maximum absolute atomic E-state index is 8.77. The molecule has 1 unspecified atom stereocenters. The molecule has 19 heavy (non-hydrogen) atoms. The minimum atomic E-state index is 0.619. The van der Waals surface area contributed by atoms with Crippen LogP contribution in [-0.4, -0.2) is 0 Å². The number of nitrogens with zero attached hydrogens (tertiary/aromatic N) is 1. The van der Waals surface area contributed by atoms with Crippen LogP contribution in [-0.2, 0) is 0 Å². The molecular formula is C17H17NS. The van der Waals surface area contributed by atoms with E-state index < -0.39 is 0 Å². The minimum Gasteiger partial charge on any atom is -0.192 e. The number of hydrogen-bond acceptors (Lipinski definition) is 2. The van der Waals surface area contributed by atoms with E-state index in [1.54, 1.807) is 11.8 Å². The highest BCUT2D eigenvalue weighted by molar-refractivity contribution is 7.99. The molecule has 2 heteroatoms. The van der Waals surface area contributed by atoms with Gasteiger partial charge in [-0.25, -0.2) is 0 Å². The van der Waals surface area contributed by atoms with Gasteiger partial charge in [0.15, 0.2) is 0 Å². The van der Waals surface area contributed by atoms with Crippen molar-refractivity contribution in [1.29, 1.82) is 5.26 Å². The molecule has 96 valence electrons. The highest BCUT2D eigenvalue weighted by atomic mass is 32.2. The van der Waals surface area contributed by atoms with Crippen molar-refractivity contribution in [3.8, 4) is 6.07 Å². The predicted molar refractivity (Wildman–Crippen MR) is 80.4 cm³/mol. The molecule has 0 N–H and O–H groups in total. The van der Waals surface area contributed by atoms with Crippen LogP contribution in [0.4, 0.5) is 0 Å². The van der Waals surface area contributed by atoms with Crippen molar-refractivity contribution >= 4 is 11.8 Å². The average molecular weight is 267 g/mol. The Labute approximate surface area is 119 Å². The van der Waals surface area contributed by atoms with Gasteiger partial charge in [0.2, 0.25) is 0 Å². The molecule has 2 aromatic carbocycles. The lowest BCUT2D eigenvalue weighted by molar-refractivity contribution is 0.733. The zero-order valence-electron chi connectivity index (χ0n) is 11.3. The van der Waals surface area contributed by atoms with Gasteiger partial charge in [0.05, 0.1) is 11.6 Å². The van der Waals surface area contributed by atoms with Crippen LogP contribution in [0.1, 0.15) is 37.3 Å². The summed E-state index contributed by atoms with van der Waals surface area (Å²) in [6.45, 7) is 4.47. The maximum atomic E-state index is 8.77. The smallest absolute Gasteiger partial charge is 0.0991 e. The van der Waals surface area contributed by atoms with Crippen molar-refractivity contribution in [2.45, 2.75) is 36.0 Å². The monoisotopic (exact) mass is 267 g/mol. The Bertz CT molecular complexity index is 564. The molecule has 0 saturated heterocycles. The standard InChI is InChI=1S/C17H17NS/c1-3-13(2)15-6-10-17(11-7-15)19-16-8-4-14(12-18)5-9-16/h4-11,13H,3H2,1-2H3. The van der Waals surface area contributed by atoms with Gasteiger partial charge in [0, 0.05) is 9.79 Å². The summed E-state index contributed by atoms with van der Waals surface area (Å²) in [5, 5.41) is 8.77. The predicted octanol–water partition coefficient (Wildman–Crippen LogP) is 5.22. The van der Waals surface area contributed by atoms with Crippen molar-refractivity contribution < 1.29 is 0 Å². The minimum absolute atomic E-state index is 0.619. The quantitative estimate of drug-likeness (QED) is 0.758. The second-order valence-corrected chi connectivity index (χ2v) is 5.76. The van der Waals surface area contributed by atoms with E-state index in [2.05, 4.69) is 44.2 Å². The molecule has 0 spiro atoms. The van der Waals surface area contributed by atoms with E-state index in [-0.39, 0.29) is 0 Å². The first-order chi connectivity index (χ1) is 9.22. The molecule has 0 heterocycles. The molecule has 1 nitrogen and oxygen atoms in total. The van der Waals surface area contributed by atoms with E-state index in [1.807, 2.05) is 24.3 Å². The second-order valence-electron chi connectivity index (χ2n) is 4.62. The summed E-state index contributed by atoms with van der Waals surface area (Å²) in [5.41, 5.74) is 2.10. The summed E-state index contributed by atoms with van der Waals surface area (Å²) in [7, 11) is 0. The molecule has 0 radical (unpaired) electrons. The Balaban J connectivity index is 2.08. The lowest BCUT2D eigenvalue weighted by atomic mass is 9.99. The summed E-state index contributed by atoms with van der Waals surface area (Å²) in [5.74, 6) is 0.619.